The van der Waals surface area contributed by atoms with Gasteiger partial charge in [-0.3, -0.25) is 0 Å². The minimum atomic E-state index is -1.07. The third-order valence-corrected chi connectivity index (χ3v) is 4.84. The van der Waals surface area contributed by atoms with Gasteiger partial charge in [0.1, 0.15) is 5.82 Å². The van der Waals surface area contributed by atoms with Gasteiger partial charge < -0.3 is 14.2 Å². The second kappa shape index (κ2) is 9.43. The standard InChI is InChI=1S/C22H25F3O3/c1-3-11-27-20-10-6-15(13-28-20)16-7-5-14(12-18(16)23)17-8-9-19(26-4-2)22(25)21(17)24/h5,7-9,12,15,20H,3-4,6,10-11,13H2,1-2H3. The zero-order chi connectivity index (χ0) is 20.1. The first-order chi connectivity index (χ1) is 13.5. The third kappa shape index (κ3) is 4.50. The van der Waals surface area contributed by atoms with Gasteiger partial charge in [-0.15, -0.1) is 0 Å². The van der Waals surface area contributed by atoms with Crippen molar-refractivity contribution in [1.82, 2.24) is 0 Å². The highest BCUT2D eigenvalue weighted by Crippen LogP contribution is 2.34. The Morgan fingerprint density at radius 2 is 1.86 bits per heavy atom. The van der Waals surface area contributed by atoms with Crippen LogP contribution in [0.1, 0.15) is 44.6 Å². The summed E-state index contributed by atoms with van der Waals surface area (Å²) in [7, 11) is 0. The summed E-state index contributed by atoms with van der Waals surface area (Å²) in [5.74, 6) is -2.80. The van der Waals surface area contributed by atoms with Crippen LogP contribution in [0.15, 0.2) is 30.3 Å². The van der Waals surface area contributed by atoms with E-state index in [2.05, 4.69) is 0 Å². The normalized spacial score (nSPS) is 19.6. The number of rotatable bonds is 7. The molecule has 152 valence electrons. The molecule has 0 saturated carbocycles. The monoisotopic (exact) mass is 394 g/mol. The lowest BCUT2D eigenvalue weighted by Gasteiger charge is -2.29. The van der Waals surface area contributed by atoms with Gasteiger partial charge in [-0.25, -0.2) is 8.78 Å². The van der Waals surface area contributed by atoms with E-state index in [4.69, 9.17) is 14.2 Å². The van der Waals surface area contributed by atoms with Crippen molar-refractivity contribution in [2.24, 2.45) is 0 Å². The minimum absolute atomic E-state index is 0.000623. The van der Waals surface area contributed by atoms with Gasteiger partial charge in [0.2, 0.25) is 5.82 Å². The average molecular weight is 394 g/mol. The van der Waals surface area contributed by atoms with Crippen molar-refractivity contribution in [3.05, 3.63) is 53.3 Å². The smallest absolute Gasteiger partial charge is 0.201 e. The van der Waals surface area contributed by atoms with E-state index in [0.29, 0.717) is 25.2 Å². The summed E-state index contributed by atoms with van der Waals surface area (Å²) in [5, 5.41) is 0. The molecule has 2 aromatic carbocycles. The van der Waals surface area contributed by atoms with Crippen molar-refractivity contribution in [2.45, 2.75) is 45.3 Å². The zero-order valence-electron chi connectivity index (χ0n) is 16.1. The summed E-state index contributed by atoms with van der Waals surface area (Å²) in [5.41, 5.74) is 0.797. The molecule has 0 spiro atoms. The maximum Gasteiger partial charge on any atom is 0.201 e. The van der Waals surface area contributed by atoms with Crippen molar-refractivity contribution in [2.75, 3.05) is 19.8 Å². The van der Waals surface area contributed by atoms with E-state index in [1.54, 1.807) is 19.1 Å². The molecule has 3 rings (SSSR count). The minimum Gasteiger partial charge on any atom is -0.491 e. The van der Waals surface area contributed by atoms with E-state index in [-0.39, 0.29) is 35.7 Å². The number of hydrogen-bond acceptors (Lipinski definition) is 3. The molecule has 2 aromatic rings. The zero-order valence-corrected chi connectivity index (χ0v) is 16.1. The second-order valence-corrected chi connectivity index (χ2v) is 6.82. The van der Waals surface area contributed by atoms with Crippen LogP contribution in [0.25, 0.3) is 11.1 Å². The molecule has 1 saturated heterocycles. The van der Waals surface area contributed by atoms with Crippen LogP contribution in [-0.2, 0) is 9.47 Å². The number of benzene rings is 2. The fraction of sp³-hybridized carbons (Fsp3) is 0.455. The summed E-state index contributed by atoms with van der Waals surface area (Å²) >= 11 is 0. The average Bonchev–Trinajstić information content (AvgIpc) is 2.70. The van der Waals surface area contributed by atoms with Gasteiger partial charge in [0, 0.05) is 18.1 Å². The van der Waals surface area contributed by atoms with Crippen LogP contribution in [0.4, 0.5) is 13.2 Å². The number of hydrogen-bond donors (Lipinski definition) is 0. The Morgan fingerprint density at radius 1 is 1.04 bits per heavy atom. The lowest BCUT2D eigenvalue weighted by atomic mass is 9.91. The van der Waals surface area contributed by atoms with Crippen LogP contribution in [0, 0.1) is 17.5 Å². The molecule has 0 N–H and O–H groups in total. The Kier molecular flexibility index (Phi) is 6.97. The molecule has 0 amide bonds. The lowest BCUT2D eigenvalue weighted by Crippen LogP contribution is -2.27. The molecule has 6 heteroatoms. The lowest BCUT2D eigenvalue weighted by molar-refractivity contribution is -0.167. The van der Waals surface area contributed by atoms with Crippen molar-refractivity contribution < 1.29 is 27.4 Å². The largest absolute Gasteiger partial charge is 0.491 e. The SMILES string of the molecule is CCCOC1CCC(c2ccc(-c3ccc(OCC)c(F)c3F)cc2F)CO1. The first kappa shape index (κ1) is 20.7. The number of ether oxygens (including phenoxy) is 3. The van der Waals surface area contributed by atoms with Crippen molar-refractivity contribution in [1.29, 1.82) is 0 Å². The summed E-state index contributed by atoms with van der Waals surface area (Å²) in [6, 6.07) is 7.23. The molecule has 1 fully saturated rings. The van der Waals surface area contributed by atoms with E-state index in [1.165, 1.54) is 18.2 Å². The van der Waals surface area contributed by atoms with Crippen LogP contribution in [0.2, 0.25) is 0 Å². The van der Waals surface area contributed by atoms with Gasteiger partial charge >= 0.3 is 0 Å². The van der Waals surface area contributed by atoms with Crippen molar-refractivity contribution >= 4 is 0 Å². The molecule has 2 atom stereocenters. The van der Waals surface area contributed by atoms with Crippen molar-refractivity contribution in [3.63, 3.8) is 0 Å². The summed E-state index contributed by atoms with van der Waals surface area (Å²) in [6.07, 6.45) is 2.13. The van der Waals surface area contributed by atoms with Crippen molar-refractivity contribution in [3.8, 4) is 16.9 Å². The Hall–Kier alpha value is -2.05. The molecule has 0 radical (unpaired) electrons. The Balaban J connectivity index is 1.76. The Morgan fingerprint density at radius 3 is 2.50 bits per heavy atom. The van der Waals surface area contributed by atoms with Gasteiger partial charge in [-0.05, 0) is 55.5 Å². The van der Waals surface area contributed by atoms with Crippen LogP contribution in [-0.4, -0.2) is 26.1 Å². The van der Waals surface area contributed by atoms with E-state index in [9.17, 15) is 13.2 Å². The molecule has 3 nitrogen and oxygen atoms in total. The van der Waals surface area contributed by atoms with Gasteiger partial charge in [0.05, 0.1) is 13.2 Å². The topological polar surface area (TPSA) is 27.7 Å². The van der Waals surface area contributed by atoms with E-state index in [0.717, 1.165) is 12.8 Å². The molecule has 28 heavy (non-hydrogen) atoms. The fourth-order valence-electron chi connectivity index (χ4n) is 3.40. The highest BCUT2D eigenvalue weighted by atomic mass is 19.2. The van der Waals surface area contributed by atoms with Crippen LogP contribution in [0.5, 0.6) is 5.75 Å². The molecular weight excluding hydrogens is 369 g/mol. The van der Waals surface area contributed by atoms with Gasteiger partial charge in [0.15, 0.2) is 17.9 Å². The molecule has 1 aliphatic heterocycles. The molecule has 0 aliphatic carbocycles. The van der Waals surface area contributed by atoms with Gasteiger partial charge in [-0.1, -0.05) is 19.1 Å². The highest BCUT2D eigenvalue weighted by molar-refractivity contribution is 5.66. The highest BCUT2D eigenvalue weighted by Gasteiger charge is 2.26. The van der Waals surface area contributed by atoms with Crippen LogP contribution in [0.3, 0.4) is 0 Å². The Labute approximate surface area is 163 Å². The Bertz CT molecular complexity index is 802. The van der Waals surface area contributed by atoms with Gasteiger partial charge in [0.25, 0.3) is 0 Å². The third-order valence-electron chi connectivity index (χ3n) is 4.84. The molecule has 1 aliphatic rings. The van der Waals surface area contributed by atoms with E-state index in [1.807, 2.05) is 6.92 Å². The molecular formula is C22H25F3O3. The predicted octanol–water partition coefficient (Wildman–Crippen LogP) is 5.82. The maximum atomic E-state index is 14.7. The molecule has 0 aromatic heterocycles. The van der Waals surface area contributed by atoms with Gasteiger partial charge in [-0.2, -0.15) is 4.39 Å². The predicted molar refractivity (Wildman–Crippen MR) is 101 cm³/mol. The number of halogens is 3. The van der Waals surface area contributed by atoms with E-state index < -0.39 is 17.5 Å². The first-order valence-corrected chi connectivity index (χ1v) is 9.68. The molecule has 2 unspecified atom stereocenters. The summed E-state index contributed by atoms with van der Waals surface area (Å²) in [6.45, 7) is 4.96. The summed E-state index contributed by atoms with van der Waals surface area (Å²) < 4.78 is 59.5. The molecule has 0 bridgehead atoms. The second-order valence-electron chi connectivity index (χ2n) is 6.82. The quantitative estimate of drug-likeness (QED) is 0.593. The fourth-order valence-corrected chi connectivity index (χ4v) is 3.40. The summed E-state index contributed by atoms with van der Waals surface area (Å²) in [4.78, 5) is 0. The molecule has 1 heterocycles. The van der Waals surface area contributed by atoms with E-state index >= 15 is 0 Å². The first-order valence-electron chi connectivity index (χ1n) is 9.68. The van der Waals surface area contributed by atoms with Crippen LogP contribution >= 0.6 is 0 Å². The maximum absolute atomic E-state index is 14.7. The van der Waals surface area contributed by atoms with Crippen LogP contribution < -0.4 is 4.74 Å².